The van der Waals surface area contributed by atoms with Gasteiger partial charge in [0.25, 0.3) is 0 Å². The van der Waals surface area contributed by atoms with Crippen LogP contribution in [0.25, 0.3) is 0 Å². The van der Waals surface area contributed by atoms with Crippen molar-refractivity contribution in [3.63, 3.8) is 0 Å². The van der Waals surface area contributed by atoms with Gasteiger partial charge in [-0.3, -0.25) is 4.90 Å². The predicted octanol–water partition coefficient (Wildman–Crippen LogP) is 3.17. The Balaban J connectivity index is 1.40. The smallest absolute Gasteiger partial charge is 0.315 e. The van der Waals surface area contributed by atoms with Gasteiger partial charge in [-0.15, -0.1) is 0 Å². The number of rotatable bonds is 4. The van der Waals surface area contributed by atoms with Crippen molar-refractivity contribution < 1.29 is 13.6 Å². The molecule has 2 N–H and O–H groups in total. The molecule has 1 aromatic rings. The second-order valence-corrected chi connectivity index (χ2v) is 6.90. The zero-order chi connectivity index (χ0) is 16.9. The third kappa shape index (κ3) is 4.66. The molecule has 0 aromatic heterocycles. The molecule has 4 nitrogen and oxygen atoms in total. The Bertz CT molecular complexity index is 567. The van der Waals surface area contributed by atoms with E-state index in [-0.39, 0.29) is 12.1 Å². The molecule has 1 saturated heterocycles. The minimum absolute atomic E-state index is 0.0547. The van der Waals surface area contributed by atoms with Crippen LogP contribution in [0.5, 0.6) is 0 Å². The molecule has 2 aliphatic rings. The minimum Gasteiger partial charge on any atom is -0.335 e. The monoisotopic (exact) mass is 337 g/mol. The van der Waals surface area contributed by atoms with Crippen molar-refractivity contribution in [1.82, 2.24) is 15.5 Å². The van der Waals surface area contributed by atoms with Gasteiger partial charge in [-0.2, -0.15) is 0 Å². The normalized spacial score (nSPS) is 20.2. The molecule has 6 heteroatoms. The zero-order valence-electron chi connectivity index (χ0n) is 13.9. The summed E-state index contributed by atoms with van der Waals surface area (Å²) in [6.45, 7) is 2.29. The van der Waals surface area contributed by atoms with Gasteiger partial charge in [0.2, 0.25) is 0 Å². The van der Waals surface area contributed by atoms with Crippen molar-refractivity contribution in [2.45, 2.75) is 57.2 Å². The van der Waals surface area contributed by atoms with Crippen LogP contribution >= 0.6 is 0 Å². The number of nitrogens with one attached hydrogen (secondary N) is 2. The molecule has 2 fully saturated rings. The first kappa shape index (κ1) is 17.1. The summed E-state index contributed by atoms with van der Waals surface area (Å²) in [5.41, 5.74) is 0.777. The van der Waals surface area contributed by atoms with Gasteiger partial charge in [-0.05, 0) is 43.4 Å². The first-order valence-corrected chi connectivity index (χ1v) is 8.83. The van der Waals surface area contributed by atoms with Crippen LogP contribution in [0.2, 0.25) is 0 Å². The van der Waals surface area contributed by atoms with Crippen LogP contribution in [0.1, 0.15) is 44.1 Å². The maximum atomic E-state index is 13.3. The molecule has 0 atom stereocenters. The van der Waals surface area contributed by atoms with Crippen LogP contribution in [-0.2, 0) is 6.54 Å². The highest BCUT2D eigenvalue weighted by Crippen LogP contribution is 2.18. The van der Waals surface area contributed by atoms with Gasteiger partial charge >= 0.3 is 6.03 Å². The quantitative estimate of drug-likeness (QED) is 0.886. The third-order valence-electron chi connectivity index (χ3n) is 5.00. The number of carbonyl (C=O) groups excluding carboxylic acids is 1. The summed E-state index contributed by atoms with van der Waals surface area (Å²) in [6, 6.07) is 4.52. The molecule has 0 bridgehead atoms. The number of hydrogen-bond acceptors (Lipinski definition) is 2. The number of nitrogens with zero attached hydrogens (tertiary/aromatic N) is 1. The van der Waals surface area contributed by atoms with E-state index in [4.69, 9.17) is 0 Å². The molecule has 1 saturated carbocycles. The highest BCUT2D eigenvalue weighted by Gasteiger charge is 2.23. The second kappa shape index (κ2) is 7.92. The van der Waals surface area contributed by atoms with Crippen molar-refractivity contribution in [2.24, 2.45) is 0 Å². The Morgan fingerprint density at radius 3 is 2.25 bits per heavy atom. The first-order chi connectivity index (χ1) is 11.6. The molecule has 24 heavy (non-hydrogen) atoms. The Morgan fingerprint density at radius 2 is 1.62 bits per heavy atom. The van der Waals surface area contributed by atoms with Crippen LogP contribution in [0.15, 0.2) is 18.2 Å². The van der Waals surface area contributed by atoms with Crippen molar-refractivity contribution in [2.75, 3.05) is 13.1 Å². The van der Waals surface area contributed by atoms with E-state index in [0.717, 1.165) is 44.3 Å². The molecule has 1 aliphatic heterocycles. The Morgan fingerprint density at radius 1 is 1.00 bits per heavy atom. The Labute approximate surface area is 141 Å². The topological polar surface area (TPSA) is 44.4 Å². The average molecular weight is 337 g/mol. The zero-order valence-corrected chi connectivity index (χ0v) is 13.9. The van der Waals surface area contributed by atoms with E-state index in [9.17, 15) is 13.6 Å². The number of halogens is 2. The third-order valence-corrected chi connectivity index (χ3v) is 5.00. The molecule has 0 radical (unpaired) electrons. The fraction of sp³-hybridized carbons (Fsp3) is 0.611. The molecule has 132 valence electrons. The molecule has 0 spiro atoms. The number of benzene rings is 1. The molecule has 1 aliphatic carbocycles. The van der Waals surface area contributed by atoms with E-state index in [2.05, 4.69) is 15.5 Å². The van der Waals surface area contributed by atoms with Gasteiger partial charge in [0.05, 0.1) is 0 Å². The maximum Gasteiger partial charge on any atom is 0.315 e. The molecule has 2 amide bonds. The fourth-order valence-corrected chi connectivity index (χ4v) is 3.61. The van der Waals surface area contributed by atoms with Crippen molar-refractivity contribution in [3.05, 3.63) is 35.4 Å². The van der Waals surface area contributed by atoms with Gasteiger partial charge in [-0.1, -0.05) is 18.9 Å². The highest BCUT2D eigenvalue weighted by molar-refractivity contribution is 5.74. The van der Waals surface area contributed by atoms with E-state index < -0.39 is 11.6 Å². The number of piperidine rings is 1. The average Bonchev–Trinajstić information content (AvgIpc) is 3.06. The van der Waals surface area contributed by atoms with Gasteiger partial charge in [0.1, 0.15) is 0 Å². The minimum atomic E-state index is -0.810. The van der Waals surface area contributed by atoms with Crippen LogP contribution in [-0.4, -0.2) is 36.1 Å². The number of hydrogen-bond donors (Lipinski definition) is 2. The molecule has 3 rings (SSSR count). The summed E-state index contributed by atoms with van der Waals surface area (Å²) in [5, 5.41) is 6.11. The fourth-order valence-electron chi connectivity index (χ4n) is 3.61. The Hall–Kier alpha value is -1.69. The molecule has 0 unspecified atom stereocenters. The van der Waals surface area contributed by atoms with Crippen molar-refractivity contribution in [3.8, 4) is 0 Å². The summed E-state index contributed by atoms with van der Waals surface area (Å²) < 4.78 is 26.2. The number of likely N-dealkylation sites (tertiary alicyclic amines) is 1. The molecule has 1 heterocycles. The molecular weight excluding hydrogens is 312 g/mol. The highest BCUT2D eigenvalue weighted by atomic mass is 19.2. The van der Waals surface area contributed by atoms with Gasteiger partial charge in [0.15, 0.2) is 11.6 Å². The first-order valence-electron chi connectivity index (χ1n) is 8.83. The summed E-state index contributed by atoms with van der Waals surface area (Å²) in [6.07, 6.45) is 6.32. The number of amides is 2. The predicted molar refractivity (Wildman–Crippen MR) is 88.6 cm³/mol. The van der Waals surface area contributed by atoms with Crippen molar-refractivity contribution in [1.29, 1.82) is 0 Å². The largest absolute Gasteiger partial charge is 0.335 e. The van der Waals surface area contributed by atoms with E-state index in [0.29, 0.717) is 12.6 Å². The SMILES string of the molecule is O=C(NC1CCCC1)NC1CCN(Cc2ccc(F)c(F)c2)CC1. The summed E-state index contributed by atoms with van der Waals surface area (Å²) >= 11 is 0. The Kier molecular flexibility index (Phi) is 5.66. The van der Waals surface area contributed by atoms with Gasteiger partial charge in [-0.25, -0.2) is 13.6 Å². The van der Waals surface area contributed by atoms with Crippen molar-refractivity contribution >= 4 is 6.03 Å². The lowest BCUT2D eigenvalue weighted by molar-refractivity contribution is 0.185. The van der Waals surface area contributed by atoms with Gasteiger partial charge < -0.3 is 10.6 Å². The second-order valence-electron chi connectivity index (χ2n) is 6.90. The van der Waals surface area contributed by atoms with Crippen LogP contribution in [0.4, 0.5) is 13.6 Å². The standard InChI is InChI=1S/C18H25F2N3O/c19-16-6-5-13(11-17(16)20)12-23-9-7-15(8-10-23)22-18(24)21-14-3-1-2-4-14/h5-6,11,14-15H,1-4,7-10,12H2,(H2,21,22,24). The van der Waals surface area contributed by atoms with E-state index in [1.54, 1.807) is 6.07 Å². The lowest BCUT2D eigenvalue weighted by atomic mass is 10.0. The van der Waals surface area contributed by atoms with E-state index >= 15 is 0 Å². The summed E-state index contributed by atoms with van der Waals surface area (Å²) in [5.74, 6) is -1.61. The van der Waals surface area contributed by atoms with E-state index in [1.807, 2.05) is 0 Å². The lowest BCUT2D eigenvalue weighted by Crippen LogP contribution is -2.49. The maximum absolute atomic E-state index is 13.3. The van der Waals surface area contributed by atoms with Gasteiger partial charge in [0, 0.05) is 31.7 Å². The molecular formula is C18H25F2N3O. The van der Waals surface area contributed by atoms with E-state index in [1.165, 1.54) is 25.0 Å². The number of urea groups is 1. The number of carbonyl (C=O) groups is 1. The van der Waals surface area contributed by atoms with Crippen LogP contribution < -0.4 is 10.6 Å². The van der Waals surface area contributed by atoms with Crippen LogP contribution in [0.3, 0.4) is 0 Å². The van der Waals surface area contributed by atoms with Crippen LogP contribution in [0, 0.1) is 11.6 Å². The summed E-state index contributed by atoms with van der Waals surface area (Å²) in [7, 11) is 0. The summed E-state index contributed by atoms with van der Waals surface area (Å²) in [4.78, 5) is 14.2. The lowest BCUT2D eigenvalue weighted by Gasteiger charge is -2.32. The molecule has 1 aromatic carbocycles.